The first-order valence-corrected chi connectivity index (χ1v) is 3.32. The zero-order chi connectivity index (χ0) is 6.97. The molecular weight excluding hydrogens is 144 g/mol. The molecular formula is C7H4N2S. The molecule has 0 aromatic carbocycles. The van der Waals surface area contributed by atoms with Crippen LogP contribution in [0.1, 0.15) is 5.56 Å². The van der Waals surface area contributed by atoms with Crippen LogP contribution in [0, 0.1) is 0 Å². The van der Waals surface area contributed by atoms with Gasteiger partial charge in [-0.2, -0.15) is 0 Å². The Balaban J connectivity index is 2.70. The predicted octanol–water partition coefficient (Wildman–Crippen LogP) is 1.52. The molecule has 3 heteroatoms. The van der Waals surface area contributed by atoms with E-state index in [1.165, 1.54) is 0 Å². The van der Waals surface area contributed by atoms with Crippen LogP contribution >= 0.6 is 12.2 Å². The zero-order valence-corrected chi connectivity index (χ0v) is 5.93. The Morgan fingerprint density at radius 1 is 1.40 bits per heavy atom. The topological polar surface area (TPSA) is 25.2 Å². The third-order valence-electron chi connectivity index (χ3n) is 1.36. The molecule has 0 amide bonds. The summed E-state index contributed by atoms with van der Waals surface area (Å²) in [4.78, 5) is 8.81. The Hall–Kier alpha value is -1.09. The molecule has 2 nitrogen and oxygen atoms in total. The molecule has 1 aliphatic rings. The van der Waals surface area contributed by atoms with Gasteiger partial charge in [-0.25, -0.2) is 9.98 Å². The Kier molecular flexibility index (Phi) is 1.11. The standard InChI is InChI=1S/C7H4N2S/c10-6-4-9-7-5(6)2-1-3-8-7/h1-4H. The molecule has 0 spiro atoms. The highest BCUT2D eigenvalue weighted by atomic mass is 32.1. The number of aliphatic imine (C=N–C) groups is 1. The van der Waals surface area contributed by atoms with Crippen LogP contribution in [0.2, 0.25) is 0 Å². The molecule has 0 aliphatic carbocycles. The highest BCUT2D eigenvalue weighted by Crippen LogP contribution is 2.19. The molecule has 0 unspecified atom stereocenters. The van der Waals surface area contributed by atoms with Gasteiger partial charge < -0.3 is 0 Å². The molecule has 0 fully saturated rings. The molecule has 0 N–H and O–H groups in total. The summed E-state index contributed by atoms with van der Waals surface area (Å²) in [7, 11) is 0. The molecule has 0 saturated heterocycles. The van der Waals surface area contributed by atoms with Crippen molar-refractivity contribution in [1.29, 1.82) is 0 Å². The molecule has 0 atom stereocenters. The third kappa shape index (κ3) is 0.675. The van der Waals surface area contributed by atoms with E-state index < -0.39 is 0 Å². The molecule has 48 valence electrons. The van der Waals surface area contributed by atoms with Crippen LogP contribution in [0.15, 0.2) is 23.3 Å². The minimum atomic E-state index is 0.743. The number of rotatable bonds is 0. The van der Waals surface area contributed by atoms with Crippen molar-refractivity contribution in [1.82, 2.24) is 4.98 Å². The van der Waals surface area contributed by atoms with E-state index in [1.54, 1.807) is 12.4 Å². The lowest BCUT2D eigenvalue weighted by Crippen LogP contribution is -1.91. The smallest absolute Gasteiger partial charge is 0.160 e. The molecule has 1 aromatic rings. The lowest BCUT2D eigenvalue weighted by atomic mass is 10.2. The summed E-state index contributed by atoms with van der Waals surface area (Å²) >= 11 is 4.98. The number of hydrogen-bond acceptors (Lipinski definition) is 3. The lowest BCUT2D eigenvalue weighted by Gasteiger charge is -1.91. The van der Waals surface area contributed by atoms with Crippen LogP contribution in [-0.2, 0) is 0 Å². The van der Waals surface area contributed by atoms with Gasteiger partial charge in [0, 0.05) is 18.0 Å². The van der Waals surface area contributed by atoms with Gasteiger partial charge in [-0.3, -0.25) is 0 Å². The largest absolute Gasteiger partial charge is 0.237 e. The van der Waals surface area contributed by atoms with Crippen molar-refractivity contribution < 1.29 is 0 Å². The Labute approximate surface area is 63.6 Å². The van der Waals surface area contributed by atoms with Gasteiger partial charge in [-0.05, 0) is 12.1 Å². The predicted molar refractivity (Wildman–Crippen MR) is 44.1 cm³/mol. The lowest BCUT2D eigenvalue weighted by molar-refractivity contribution is 1.29. The number of pyridine rings is 1. The number of thiocarbonyl (C=S) groups is 1. The van der Waals surface area contributed by atoms with Gasteiger partial charge in [0.25, 0.3) is 0 Å². The van der Waals surface area contributed by atoms with Crippen molar-refractivity contribution in [3.8, 4) is 0 Å². The van der Waals surface area contributed by atoms with Crippen LogP contribution in [0.4, 0.5) is 5.82 Å². The molecule has 10 heavy (non-hydrogen) atoms. The van der Waals surface area contributed by atoms with Crippen LogP contribution in [0.3, 0.4) is 0 Å². The van der Waals surface area contributed by atoms with Gasteiger partial charge in [0.05, 0.1) is 4.86 Å². The van der Waals surface area contributed by atoms with Crippen molar-refractivity contribution in [3.63, 3.8) is 0 Å². The zero-order valence-electron chi connectivity index (χ0n) is 5.11. The fourth-order valence-corrected chi connectivity index (χ4v) is 1.09. The van der Waals surface area contributed by atoms with Crippen molar-refractivity contribution in [3.05, 3.63) is 23.9 Å². The van der Waals surface area contributed by atoms with Crippen molar-refractivity contribution in [2.45, 2.75) is 0 Å². The molecule has 1 aliphatic heterocycles. The maximum Gasteiger partial charge on any atom is 0.160 e. The number of aromatic nitrogens is 1. The first-order chi connectivity index (χ1) is 4.88. The van der Waals surface area contributed by atoms with Crippen LogP contribution < -0.4 is 0 Å². The fraction of sp³-hybridized carbons (Fsp3) is 0. The van der Waals surface area contributed by atoms with E-state index in [9.17, 15) is 0 Å². The Morgan fingerprint density at radius 3 is 3.10 bits per heavy atom. The number of fused-ring (bicyclic) bond motifs is 1. The first kappa shape index (κ1) is 5.68. The average molecular weight is 148 g/mol. The van der Waals surface area contributed by atoms with Crippen molar-refractivity contribution in [2.24, 2.45) is 4.99 Å². The second kappa shape index (κ2) is 1.95. The molecule has 1 aromatic heterocycles. The van der Waals surface area contributed by atoms with Crippen LogP contribution in [0.5, 0.6) is 0 Å². The summed E-state index contributed by atoms with van der Waals surface area (Å²) in [6, 6.07) is 3.79. The van der Waals surface area contributed by atoms with Gasteiger partial charge in [0.2, 0.25) is 0 Å². The highest BCUT2D eigenvalue weighted by molar-refractivity contribution is 7.82. The SMILES string of the molecule is S=C1C=Nc2ncccc21. The van der Waals surface area contributed by atoms with Gasteiger partial charge in [0.15, 0.2) is 5.82 Å². The van der Waals surface area contributed by atoms with Crippen molar-refractivity contribution in [2.75, 3.05) is 0 Å². The van der Waals surface area contributed by atoms with E-state index in [0.717, 1.165) is 16.2 Å². The minimum Gasteiger partial charge on any atom is -0.237 e. The summed E-state index contributed by atoms with van der Waals surface area (Å²) in [6.45, 7) is 0. The molecule has 2 rings (SSSR count). The van der Waals surface area contributed by atoms with E-state index in [0.29, 0.717) is 0 Å². The Morgan fingerprint density at radius 2 is 2.30 bits per heavy atom. The van der Waals surface area contributed by atoms with E-state index in [2.05, 4.69) is 9.98 Å². The average Bonchev–Trinajstić information content (AvgIpc) is 2.34. The number of nitrogens with zero attached hydrogens (tertiary/aromatic N) is 2. The van der Waals surface area contributed by atoms with E-state index in [-0.39, 0.29) is 0 Å². The maximum absolute atomic E-state index is 4.98. The molecule has 2 heterocycles. The second-order valence-corrected chi connectivity index (χ2v) is 2.44. The minimum absolute atomic E-state index is 0.743. The number of hydrogen-bond donors (Lipinski definition) is 0. The van der Waals surface area contributed by atoms with Gasteiger partial charge >= 0.3 is 0 Å². The van der Waals surface area contributed by atoms with Crippen LogP contribution in [0.25, 0.3) is 0 Å². The van der Waals surface area contributed by atoms with Gasteiger partial charge in [-0.15, -0.1) is 0 Å². The first-order valence-electron chi connectivity index (χ1n) is 2.91. The molecule has 0 saturated carbocycles. The Bertz CT molecular complexity index is 317. The normalized spacial score (nSPS) is 13.8. The summed E-state index contributed by atoms with van der Waals surface area (Å²) in [5.41, 5.74) is 0.970. The highest BCUT2D eigenvalue weighted by Gasteiger charge is 2.10. The molecule has 0 bridgehead atoms. The van der Waals surface area contributed by atoms with Gasteiger partial charge in [-0.1, -0.05) is 12.2 Å². The summed E-state index contributed by atoms with van der Waals surface area (Å²) in [5, 5.41) is 0. The molecule has 0 radical (unpaired) electrons. The fourth-order valence-electron chi connectivity index (χ4n) is 0.881. The van der Waals surface area contributed by atoms with Crippen LogP contribution in [-0.4, -0.2) is 16.1 Å². The quantitative estimate of drug-likeness (QED) is 0.521. The summed E-state index contributed by atoms with van der Waals surface area (Å²) in [5.74, 6) is 0.743. The summed E-state index contributed by atoms with van der Waals surface area (Å²) in [6.07, 6.45) is 3.37. The van der Waals surface area contributed by atoms with E-state index in [4.69, 9.17) is 12.2 Å². The van der Waals surface area contributed by atoms with E-state index in [1.807, 2.05) is 12.1 Å². The van der Waals surface area contributed by atoms with E-state index >= 15 is 0 Å². The van der Waals surface area contributed by atoms with Crippen molar-refractivity contribution >= 4 is 29.1 Å². The third-order valence-corrected chi connectivity index (χ3v) is 1.68. The second-order valence-electron chi connectivity index (χ2n) is 2.00. The maximum atomic E-state index is 4.98. The monoisotopic (exact) mass is 148 g/mol. The summed E-state index contributed by atoms with van der Waals surface area (Å²) < 4.78 is 0. The van der Waals surface area contributed by atoms with Gasteiger partial charge in [0.1, 0.15) is 0 Å².